The molecule has 1 aliphatic carbocycles. The Morgan fingerprint density at radius 2 is 1.61 bits per heavy atom. The molecule has 0 spiro atoms. The highest BCUT2D eigenvalue weighted by atomic mass is 16.5. The Balaban J connectivity index is 1.62. The summed E-state index contributed by atoms with van der Waals surface area (Å²) >= 11 is 0. The lowest BCUT2D eigenvalue weighted by atomic mass is 9.81. The molecule has 2 amide bonds. The molecule has 2 rings (SSSR count). The van der Waals surface area contributed by atoms with Crippen molar-refractivity contribution in [2.75, 3.05) is 39.4 Å². The third kappa shape index (κ3) is 6.11. The van der Waals surface area contributed by atoms with Gasteiger partial charge in [0, 0.05) is 44.1 Å². The smallest absolute Gasteiger partial charge is 0.223 e. The average molecular weight is 325 g/mol. The van der Waals surface area contributed by atoms with Crippen LogP contribution in [0.25, 0.3) is 0 Å². The van der Waals surface area contributed by atoms with Crippen LogP contribution in [0.4, 0.5) is 0 Å². The number of hydrogen-bond donors (Lipinski definition) is 2. The molecule has 6 heteroatoms. The summed E-state index contributed by atoms with van der Waals surface area (Å²) in [5.41, 5.74) is 0. The SMILES string of the molecule is CC(C)NC(=O)C1CCC(C(=O)NCCN2CCOCC2)CC1. The van der Waals surface area contributed by atoms with E-state index in [1.165, 1.54) is 0 Å². The largest absolute Gasteiger partial charge is 0.379 e. The second-order valence-corrected chi connectivity index (χ2v) is 6.96. The van der Waals surface area contributed by atoms with E-state index in [1.807, 2.05) is 13.8 Å². The first-order chi connectivity index (χ1) is 11.1. The Morgan fingerprint density at radius 3 is 2.17 bits per heavy atom. The summed E-state index contributed by atoms with van der Waals surface area (Å²) in [5, 5.41) is 6.03. The number of ether oxygens (including phenoxy) is 1. The lowest BCUT2D eigenvalue weighted by Gasteiger charge is -2.29. The molecular weight excluding hydrogens is 294 g/mol. The first-order valence-electron chi connectivity index (χ1n) is 8.94. The van der Waals surface area contributed by atoms with E-state index in [2.05, 4.69) is 15.5 Å². The van der Waals surface area contributed by atoms with Crippen LogP contribution in [0.5, 0.6) is 0 Å². The molecule has 0 aromatic rings. The van der Waals surface area contributed by atoms with Crippen LogP contribution in [-0.4, -0.2) is 62.1 Å². The van der Waals surface area contributed by atoms with Gasteiger partial charge in [0.25, 0.3) is 0 Å². The normalized spacial score (nSPS) is 26.0. The van der Waals surface area contributed by atoms with Crippen LogP contribution >= 0.6 is 0 Å². The zero-order valence-electron chi connectivity index (χ0n) is 14.5. The van der Waals surface area contributed by atoms with Gasteiger partial charge in [0.05, 0.1) is 13.2 Å². The number of morpholine rings is 1. The molecule has 1 saturated heterocycles. The Hall–Kier alpha value is -1.14. The van der Waals surface area contributed by atoms with Crippen molar-refractivity contribution in [2.45, 2.75) is 45.6 Å². The Morgan fingerprint density at radius 1 is 1.04 bits per heavy atom. The summed E-state index contributed by atoms with van der Waals surface area (Å²) in [4.78, 5) is 26.6. The molecule has 0 aromatic carbocycles. The van der Waals surface area contributed by atoms with Crippen LogP contribution < -0.4 is 10.6 Å². The molecule has 0 atom stereocenters. The monoisotopic (exact) mass is 325 g/mol. The van der Waals surface area contributed by atoms with E-state index in [0.29, 0.717) is 6.54 Å². The summed E-state index contributed by atoms with van der Waals surface area (Å²) in [6.45, 7) is 9.02. The van der Waals surface area contributed by atoms with Gasteiger partial charge in [-0.1, -0.05) is 0 Å². The molecule has 0 unspecified atom stereocenters. The van der Waals surface area contributed by atoms with Gasteiger partial charge < -0.3 is 15.4 Å². The highest BCUT2D eigenvalue weighted by Crippen LogP contribution is 2.29. The molecule has 1 saturated carbocycles. The van der Waals surface area contributed by atoms with Crippen LogP contribution in [0.1, 0.15) is 39.5 Å². The third-order valence-electron chi connectivity index (χ3n) is 4.73. The number of carbonyl (C=O) groups excluding carboxylic acids is 2. The third-order valence-corrected chi connectivity index (χ3v) is 4.73. The van der Waals surface area contributed by atoms with Gasteiger partial charge in [0.2, 0.25) is 11.8 Å². The average Bonchev–Trinajstić information content (AvgIpc) is 2.55. The van der Waals surface area contributed by atoms with Gasteiger partial charge in [-0.3, -0.25) is 14.5 Å². The molecule has 2 fully saturated rings. The van der Waals surface area contributed by atoms with E-state index in [0.717, 1.165) is 58.5 Å². The number of nitrogens with zero attached hydrogens (tertiary/aromatic N) is 1. The minimum atomic E-state index is 0.0720. The zero-order chi connectivity index (χ0) is 16.7. The second kappa shape index (κ2) is 9.23. The standard InChI is InChI=1S/C17H31N3O3/c1-13(2)19-17(22)15-5-3-14(4-6-15)16(21)18-7-8-20-9-11-23-12-10-20/h13-15H,3-12H2,1-2H3,(H,18,21)(H,19,22). The molecule has 1 heterocycles. The Labute approximate surface area is 139 Å². The predicted octanol–water partition coefficient (Wildman–Crippen LogP) is 0.766. The quantitative estimate of drug-likeness (QED) is 0.757. The predicted molar refractivity (Wildman–Crippen MR) is 89.0 cm³/mol. The number of nitrogens with one attached hydrogen (secondary N) is 2. The van der Waals surface area contributed by atoms with Crippen molar-refractivity contribution in [2.24, 2.45) is 11.8 Å². The van der Waals surface area contributed by atoms with Crippen LogP contribution in [0, 0.1) is 11.8 Å². The molecule has 0 bridgehead atoms. The Kier molecular flexibility index (Phi) is 7.30. The Bertz CT molecular complexity index is 387. The summed E-state index contributed by atoms with van der Waals surface area (Å²) in [6.07, 6.45) is 3.28. The van der Waals surface area contributed by atoms with Gasteiger partial charge in [-0.25, -0.2) is 0 Å². The topological polar surface area (TPSA) is 70.7 Å². The maximum absolute atomic E-state index is 12.2. The minimum Gasteiger partial charge on any atom is -0.379 e. The summed E-state index contributed by atoms with van der Waals surface area (Å²) in [5.74, 6) is 0.449. The first kappa shape index (κ1) is 18.2. The molecule has 132 valence electrons. The van der Waals surface area contributed by atoms with Crippen molar-refractivity contribution in [1.29, 1.82) is 0 Å². The van der Waals surface area contributed by atoms with Crippen molar-refractivity contribution >= 4 is 11.8 Å². The van der Waals surface area contributed by atoms with E-state index < -0.39 is 0 Å². The molecule has 1 aliphatic heterocycles. The second-order valence-electron chi connectivity index (χ2n) is 6.96. The zero-order valence-corrected chi connectivity index (χ0v) is 14.5. The van der Waals surface area contributed by atoms with E-state index >= 15 is 0 Å². The van der Waals surface area contributed by atoms with Gasteiger partial charge in [-0.05, 0) is 39.5 Å². The maximum Gasteiger partial charge on any atom is 0.223 e. The molecule has 6 nitrogen and oxygen atoms in total. The van der Waals surface area contributed by atoms with Crippen LogP contribution in [0.3, 0.4) is 0 Å². The number of amides is 2. The van der Waals surface area contributed by atoms with Crippen molar-refractivity contribution in [3.63, 3.8) is 0 Å². The fourth-order valence-electron chi connectivity index (χ4n) is 3.33. The van der Waals surface area contributed by atoms with Crippen molar-refractivity contribution in [1.82, 2.24) is 15.5 Å². The van der Waals surface area contributed by atoms with Gasteiger partial charge >= 0.3 is 0 Å². The molecule has 2 N–H and O–H groups in total. The van der Waals surface area contributed by atoms with Gasteiger partial charge in [-0.15, -0.1) is 0 Å². The van der Waals surface area contributed by atoms with Gasteiger partial charge in [0.1, 0.15) is 0 Å². The minimum absolute atomic E-state index is 0.0720. The number of hydrogen-bond acceptors (Lipinski definition) is 4. The molecule has 0 radical (unpaired) electrons. The van der Waals surface area contributed by atoms with E-state index in [1.54, 1.807) is 0 Å². The maximum atomic E-state index is 12.2. The number of carbonyl (C=O) groups is 2. The van der Waals surface area contributed by atoms with Crippen molar-refractivity contribution in [3.05, 3.63) is 0 Å². The first-order valence-corrected chi connectivity index (χ1v) is 8.94. The van der Waals surface area contributed by atoms with Gasteiger partial charge in [-0.2, -0.15) is 0 Å². The highest BCUT2D eigenvalue weighted by Gasteiger charge is 2.29. The van der Waals surface area contributed by atoms with E-state index in [-0.39, 0.29) is 29.7 Å². The molecule has 23 heavy (non-hydrogen) atoms. The van der Waals surface area contributed by atoms with Crippen molar-refractivity contribution in [3.8, 4) is 0 Å². The fraction of sp³-hybridized carbons (Fsp3) is 0.882. The van der Waals surface area contributed by atoms with Crippen molar-refractivity contribution < 1.29 is 14.3 Å². The van der Waals surface area contributed by atoms with E-state index in [4.69, 9.17) is 4.74 Å². The van der Waals surface area contributed by atoms with Gasteiger partial charge in [0.15, 0.2) is 0 Å². The summed E-state index contributed by atoms with van der Waals surface area (Å²) in [7, 11) is 0. The lowest BCUT2D eigenvalue weighted by molar-refractivity contribution is -0.130. The van der Waals surface area contributed by atoms with Crippen LogP contribution in [0.15, 0.2) is 0 Å². The van der Waals surface area contributed by atoms with Crippen LogP contribution in [0.2, 0.25) is 0 Å². The van der Waals surface area contributed by atoms with Crippen LogP contribution in [-0.2, 0) is 14.3 Å². The lowest BCUT2D eigenvalue weighted by Crippen LogP contribution is -2.43. The number of rotatable bonds is 6. The van der Waals surface area contributed by atoms with E-state index in [9.17, 15) is 9.59 Å². The molecule has 2 aliphatic rings. The highest BCUT2D eigenvalue weighted by molar-refractivity contribution is 5.81. The molecular formula is C17H31N3O3. The summed E-state index contributed by atoms with van der Waals surface area (Å²) in [6, 6.07) is 0.184. The molecule has 0 aromatic heterocycles. The summed E-state index contributed by atoms with van der Waals surface area (Å²) < 4.78 is 5.31. The fourth-order valence-corrected chi connectivity index (χ4v) is 3.33.